The average Bonchev–Trinajstić information content (AvgIpc) is 2.89. The van der Waals surface area contributed by atoms with Gasteiger partial charge in [-0.3, -0.25) is 0 Å². The van der Waals surface area contributed by atoms with Crippen LogP contribution in [-0.4, -0.2) is 14.5 Å². The van der Waals surface area contributed by atoms with Crippen LogP contribution in [0.15, 0.2) is 52.0 Å². The fourth-order valence-corrected chi connectivity index (χ4v) is 2.69. The van der Waals surface area contributed by atoms with E-state index in [-0.39, 0.29) is 10.9 Å². The number of primary sulfonamides is 1. The lowest BCUT2D eigenvalue weighted by Gasteiger charge is -2.16. The second-order valence-electron chi connectivity index (χ2n) is 4.70. The number of benzene rings is 1. The molecule has 0 radical (unpaired) electrons. The summed E-state index contributed by atoms with van der Waals surface area (Å²) in [5.41, 5.74) is 0.530. The number of sulfonamides is 1. The normalized spacial score (nSPS) is 13.1. The number of nitrogens with one attached hydrogen (secondary N) is 1. The molecule has 0 bridgehead atoms. The zero-order chi connectivity index (χ0) is 14.6. The van der Waals surface area contributed by atoms with Gasteiger partial charge in [0.25, 0.3) is 0 Å². The first-order valence-corrected chi connectivity index (χ1v) is 7.92. The van der Waals surface area contributed by atoms with Crippen LogP contribution in [0.5, 0.6) is 0 Å². The molecule has 1 heterocycles. The Bertz CT molecular complexity index is 651. The predicted molar refractivity (Wildman–Crippen MR) is 77.9 cm³/mol. The van der Waals surface area contributed by atoms with Crippen LogP contribution in [0.25, 0.3) is 0 Å². The third-order valence-electron chi connectivity index (χ3n) is 3.00. The Kier molecular flexibility index (Phi) is 4.46. The molecule has 2 aromatic rings. The van der Waals surface area contributed by atoms with Gasteiger partial charge in [-0.1, -0.05) is 12.1 Å². The van der Waals surface area contributed by atoms with Crippen molar-refractivity contribution >= 4 is 15.7 Å². The molecule has 0 aliphatic heterocycles. The van der Waals surface area contributed by atoms with Crippen LogP contribution >= 0.6 is 0 Å². The zero-order valence-corrected chi connectivity index (χ0v) is 12.1. The van der Waals surface area contributed by atoms with Crippen molar-refractivity contribution in [3.8, 4) is 0 Å². The molecule has 1 unspecified atom stereocenters. The molecule has 0 aliphatic rings. The molecule has 0 saturated carbocycles. The lowest BCUT2D eigenvalue weighted by Crippen LogP contribution is -2.20. The summed E-state index contributed by atoms with van der Waals surface area (Å²) in [6.07, 6.45) is 3.26. The first kappa shape index (κ1) is 14.6. The van der Waals surface area contributed by atoms with E-state index in [1.807, 2.05) is 19.1 Å². The van der Waals surface area contributed by atoms with E-state index in [1.54, 1.807) is 24.5 Å². The number of aryl methyl sites for hydroxylation is 1. The molecule has 0 fully saturated rings. The maximum absolute atomic E-state index is 11.5. The summed E-state index contributed by atoms with van der Waals surface area (Å²) in [6.45, 7) is 1.99. The average molecular weight is 294 g/mol. The molecule has 1 aromatic heterocycles. The summed E-state index contributed by atoms with van der Waals surface area (Å²) in [6, 6.07) is 10.5. The van der Waals surface area contributed by atoms with E-state index < -0.39 is 10.0 Å². The van der Waals surface area contributed by atoms with Crippen molar-refractivity contribution in [3.05, 3.63) is 48.4 Å². The number of rotatable bonds is 6. The zero-order valence-electron chi connectivity index (χ0n) is 11.2. The molecule has 0 saturated heterocycles. The first-order chi connectivity index (χ1) is 9.47. The minimum Gasteiger partial charge on any atom is -0.469 e. The highest BCUT2D eigenvalue weighted by atomic mass is 32.2. The van der Waals surface area contributed by atoms with Crippen molar-refractivity contribution in [2.75, 3.05) is 5.32 Å². The van der Waals surface area contributed by atoms with Crippen molar-refractivity contribution < 1.29 is 12.8 Å². The standard InChI is InChI=1S/C14H18N2O3S/c1-11(8-9-12-5-4-10-19-12)16-13-6-2-3-7-14(13)20(15,17)18/h2-7,10-11,16H,8-9H2,1H3,(H2,15,17,18). The van der Waals surface area contributed by atoms with E-state index in [0.717, 1.165) is 18.6 Å². The van der Waals surface area contributed by atoms with E-state index in [2.05, 4.69) is 5.32 Å². The van der Waals surface area contributed by atoms with Gasteiger partial charge in [0.2, 0.25) is 10.0 Å². The molecule has 6 heteroatoms. The van der Waals surface area contributed by atoms with Gasteiger partial charge in [0.1, 0.15) is 10.7 Å². The van der Waals surface area contributed by atoms with E-state index in [1.165, 1.54) is 6.07 Å². The van der Waals surface area contributed by atoms with Crippen LogP contribution < -0.4 is 10.5 Å². The molecular weight excluding hydrogens is 276 g/mol. The smallest absolute Gasteiger partial charge is 0.240 e. The van der Waals surface area contributed by atoms with E-state index in [4.69, 9.17) is 9.56 Å². The Morgan fingerprint density at radius 3 is 2.65 bits per heavy atom. The maximum atomic E-state index is 11.5. The van der Waals surface area contributed by atoms with Gasteiger partial charge in [0.05, 0.1) is 12.0 Å². The van der Waals surface area contributed by atoms with Crippen LogP contribution in [0.1, 0.15) is 19.1 Å². The molecule has 3 N–H and O–H groups in total. The van der Waals surface area contributed by atoms with Gasteiger partial charge in [-0.15, -0.1) is 0 Å². The van der Waals surface area contributed by atoms with E-state index in [9.17, 15) is 8.42 Å². The van der Waals surface area contributed by atoms with Crippen LogP contribution in [0.2, 0.25) is 0 Å². The largest absolute Gasteiger partial charge is 0.469 e. The summed E-state index contributed by atoms with van der Waals surface area (Å²) in [5.74, 6) is 0.915. The van der Waals surface area contributed by atoms with Crippen molar-refractivity contribution in [3.63, 3.8) is 0 Å². The lowest BCUT2D eigenvalue weighted by atomic mass is 10.1. The van der Waals surface area contributed by atoms with Gasteiger partial charge in [-0.05, 0) is 37.6 Å². The van der Waals surface area contributed by atoms with Crippen molar-refractivity contribution in [1.82, 2.24) is 0 Å². The third kappa shape index (κ3) is 3.85. The van der Waals surface area contributed by atoms with Crippen molar-refractivity contribution in [2.45, 2.75) is 30.7 Å². The number of furan rings is 1. The Hall–Kier alpha value is -1.79. The second-order valence-corrected chi connectivity index (χ2v) is 6.23. The molecule has 1 atom stereocenters. The molecule has 5 nitrogen and oxygen atoms in total. The Morgan fingerprint density at radius 2 is 2.00 bits per heavy atom. The van der Waals surface area contributed by atoms with Gasteiger partial charge in [0, 0.05) is 12.5 Å². The Labute approximate surface area is 118 Å². The van der Waals surface area contributed by atoms with E-state index in [0.29, 0.717) is 5.69 Å². The quantitative estimate of drug-likeness (QED) is 0.856. The molecular formula is C14H18N2O3S. The summed E-state index contributed by atoms with van der Waals surface area (Å²) in [4.78, 5) is 0.116. The molecule has 0 aliphatic carbocycles. The molecule has 20 heavy (non-hydrogen) atoms. The van der Waals surface area contributed by atoms with Gasteiger partial charge < -0.3 is 9.73 Å². The summed E-state index contributed by atoms with van der Waals surface area (Å²) >= 11 is 0. The first-order valence-electron chi connectivity index (χ1n) is 6.37. The van der Waals surface area contributed by atoms with Crippen molar-refractivity contribution in [2.24, 2.45) is 5.14 Å². The Balaban J connectivity index is 2.03. The van der Waals surface area contributed by atoms with Gasteiger partial charge in [0.15, 0.2) is 0 Å². The van der Waals surface area contributed by atoms with Crippen molar-refractivity contribution in [1.29, 1.82) is 0 Å². The highest BCUT2D eigenvalue weighted by Crippen LogP contribution is 2.21. The summed E-state index contributed by atoms with van der Waals surface area (Å²) < 4.78 is 28.3. The highest BCUT2D eigenvalue weighted by Gasteiger charge is 2.14. The summed E-state index contributed by atoms with van der Waals surface area (Å²) in [5, 5.41) is 8.38. The van der Waals surface area contributed by atoms with Crippen LogP contribution in [0.3, 0.4) is 0 Å². The molecule has 108 valence electrons. The minimum absolute atomic E-state index is 0.1000. The maximum Gasteiger partial charge on any atom is 0.240 e. The van der Waals surface area contributed by atoms with Crippen LogP contribution in [0, 0.1) is 0 Å². The lowest BCUT2D eigenvalue weighted by molar-refractivity contribution is 0.495. The number of anilines is 1. The number of para-hydroxylation sites is 1. The number of hydrogen-bond donors (Lipinski definition) is 2. The topological polar surface area (TPSA) is 85.3 Å². The van der Waals surface area contributed by atoms with Gasteiger partial charge in [-0.25, -0.2) is 13.6 Å². The van der Waals surface area contributed by atoms with Gasteiger partial charge >= 0.3 is 0 Å². The van der Waals surface area contributed by atoms with Gasteiger partial charge in [-0.2, -0.15) is 0 Å². The fourth-order valence-electron chi connectivity index (χ4n) is 1.99. The predicted octanol–water partition coefficient (Wildman–Crippen LogP) is 2.36. The third-order valence-corrected chi connectivity index (χ3v) is 3.97. The number of nitrogens with two attached hydrogens (primary N) is 1. The van der Waals surface area contributed by atoms with E-state index >= 15 is 0 Å². The summed E-state index contributed by atoms with van der Waals surface area (Å²) in [7, 11) is -3.72. The Morgan fingerprint density at radius 1 is 1.25 bits per heavy atom. The molecule has 0 spiro atoms. The molecule has 0 amide bonds. The SMILES string of the molecule is CC(CCc1ccco1)Nc1ccccc1S(N)(=O)=O. The fraction of sp³-hybridized carbons (Fsp3) is 0.286. The molecule has 2 rings (SSSR count). The van der Waals surface area contributed by atoms with Crippen LogP contribution in [0.4, 0.5) is 5.69 Å². The second kappa shape index (κ2) is 6.11. The minimum atomic E-state index is -3.72. The monoisotopic (exact) mass is 294 g/mol. The molecule has 1 aromatic carbocycles. The number of hydrogen-bond acceptors (Lipinski definition) is 4. The highest BCUT2D eigenvalue weighted by molar-refractivity contribution is 7.89. The van der Waals surface area contributed by atoms with Crippen LogP contribution in [-0.2, 0) is 16.4 Å².